The summed E-state index contributed by atoms with van der Waals surface area (Å²) in [7, 11) is -2.15. The van der Waals surface area contributed by atoms with E-state index in [0.717, 1.165) is 16.4 Å². The molecule has 0 aliphatic heterocycles. The number of sulfonamides is 1. The Morgan fingerprint density at radius 2 is 1.60 bits per heavy atom. The zero-order chi connectivity index (χ0) is 17.4. The Bertz CT molecular complexity index is 1160. The maximum atomic E-state index is 12.6. The van der Waals surface area contributed by atoms with Crippen LogP contribution in [0.3, 0.4) is 0 Å². The summed E-state index contributed by atoms with van der Waals surface area (Å²) in [5, 5.41) is 1.81. The zero-order valence-electron chi connectivity index (χ0n) is 13.4. The minimum Gasteiger partial charge on any atom is -0.497 e. The lowest BCUT2D eigenvalue weighted by molar-refractivity contribution is 0.414. The molecule has 0 unspecified atom stereocenters. The van der Waals surface area contributed by atoms with Crippen LogP contribution in [-0.4, -0.2) is 15.5 Å². The monoisotopic (exact) mass is 353 g/mol. The van der Waals surface area contributed by atoms with Gasteiger partial charge in [0.15, 0.2) is 0 Å². The van der Waals surface area contributed by atoms with Crippen LogP contribution in [-0.2, 0) is 10.0 Å². The van der Waals surface area contributed by atoms with E-state index in [0.29, 0.717) is 17.0 Å². The fourth-order valence-electron chi connectivity index (χ4n) is 2.76. The molecule has 0 bridgehead atoms. The van der Waals surface area contributed by atoms with Crippen molar-refractivity contribution in [3.63, 3.8) is 0 Å². The highest BCUT2D eigenvalue weighted by molar-refractivity contribution is 7.92. The third-order valence-corrected chi connectivity index (χ3v) is 5.40. The molecule has 0 spiro atoms. The van der Waals surface area contributed by atoms with Gasteiger partial charge in [0.2, 0.25) is 0 Å². The van der Waals surface area contributed by atoms with E-state index in [9.17, 15) is 8.42 Å². The topological polar surface area (TPSA) is 68.5 Å². The minimum absolute atomic E-state index is 0.172. The molecule has 0 fully saturated rings. The largest absolute Gasteiger partial charge is 0.497 e. The summed E-state index contributed by atoms with van der Waals surface area (Å²) in [6.45, 7) is 0. The first-order valence-electron chi connectivity index (χ1n) is 7.65. The number of ether oxygens (including phenoxy) is 1. The molecule has 1 N–H and O–H groups in total. The number of rotatable bonds is 4. The summed E-state index contributed by atoms with van der Waals surface area (Å²) in [4.78, 5) is 0.172. The molecule has 126 valence electrons. The normalized spacial score (nSPS) is 11.7. The minimum atomic E-state index is -3.68. The molecular formula is C19H15NO4S. The van der Waals surface area contributed by atoms with Gasteiger partial charge in [-0.15, -0.1) is 0 Å². The van der Waals surface area contributed by atoms with Crippen LogP contribution in [0.1, 0.15) is 0 Å². The van der Waals surface area contributed by atoms with Crippen LogP contribution in [0, 0.1) is 0 Å². The molecule has 5 nitrogen and oxygen atoms in total. The van der Waals surface area contributed by atoms with E-state index in [1.165, 1.54) is 19.2 Å². The predicted molar refractivity (Wildman–Crippen MR) is 97.5 cm³/mol. The summed E-state index contributed by atoms with van der Waals surface area (Å²) in [6, 6.07) is 19.1. The van der Waals surface area contributed by atoms with E-state index in [-0.39, 0.29) is 4.90 Å². The third-order valence-electron chi connectivity index (χ3n) is 4.00. The van der Waals surface area contributed by atoms with E-state index in [4.69, 9.17) is 9.15 Å². The van der Waals surface area contributed by atoms with Crippen molar-refractivity contribution in [2.45, 2.75) is 4.90 Å². The van der Waals surface area contributed by atoms with Gasteiger partial charge in [-0.3, -0.25) is 4.72 Å². The second-order valence-corrected chi connectivity index (χ2v) is 7.27. The van der Waals surface area contributed by atoms with Gasteiger partial charge in [-0.25, -0.2) is 8.42 Å². The Kier molecular flexibility index (Phi) is 3.62. The predicted octanol–water partition coefficient (Wildman–Crippen LogP) is 4.40. The summed E-state index contributed by atoms with van der Waals surface area (Å²) < 4.78 is 38.5. The molecule has 1 aromatic heterocycles. The molecule has 3 aromatic carbocycles. The Morgan fingerprint density at radius 3 is 2.36 bits per heavy atom. The van der Waals surface area contributed by atoms with Crippen LogP contribution in [0.2, 0.25) is 0 Å². The molecule has 0 aliphatic carbocycles. The van der Waals surface area contributed by atoms with E-state index in [1.54, 1.807) is 30.3 Å². The first-order chi connectivity index (χ1) is 12.1. The lowest BCUT2D eigenvalue weighted by Gasteiger charge is -2.08. The lowest BCUT2D eigenvalue weighted by atomic mass is 10.1. The highest BCUT2D eigenvalue weighted by Crippen LogP contribution is 2.31. The highest BCUT2D eigenvalue weighted by Gasteiger charge is 2.15. The van der Waals surface area contributed by atoms with Crippen molar-refractivity contribution < 1.29 is 17.6 Å². The first-order valence-corrected chi connectivity index (χ1v) is 9.13. The highest BCUT2D eigenvalue weighted by atomic mass is 32.2. The van der Waals surface area contributed by atoms with Crippen molar-refractivity contribution in [1.82, 2.24) is 0 Å². The van der Waals surface area contributed by atoms with Crippen molar-refractivity contribution in [3.8, 4) is 5.75 Å². The fourth-order valence-corrected chi connectivity index (χ4v) is 3.81. The van der Waals surface area contributed by atoms with Gasteiger partial charge in [-0.1, -0.05) is 18.2 Å². The van der Waals surface area contributed by atoms with Gasteiger partial charge in [-0.05, 0) is 48.5 Å². The van der Waals surface area contributed by atoms with Crippen molar-refractivity contribution >= 4 is 37.6 Å². The number of para-hydroxylation sites is 1. The summed E-state index contributed by atoms with van der Waals surface area (Å²) >= 11 is 0. The summed E-state index contributed by atoms with van der Waals surface area (Å²) in [5.41, 5.74) is 1.97. The number of nitrogens with one attached hydrogen (secondary N) is 1. The standard InChI is InChI=1S/C19H15NO4S/c1-23-14-7-9-15(10-8-14)25(21,22)20-13-6-11-19-17(12-13)16-4-2-3-5-18(16)24-19/h2-12,20H,1H3. The fraction of sp³-hybridized carbons (Fsp3) is 0.0526. The average molecular weight is 353 g/mol. The number of hydrogen-bond acceptors (Lipinski definition) is 4. The van der Waals surface area contributed by atoms with Crippen LogP contribution >= 0.6 is 0 Å². The van der Waals surface area contributed by atoms with E-state index >= 15 is 0 Å². The lowest BCUT2D eigenvalue weighted by Crippen LogP contribution is -2.12. The number of hydrogen-bond donors (Lipinski definition) is 1. The molecule has 25 heavy (non-hydrogen) atoms. The zero-order valence-corrected chi connectivity index (χ0v) is 14.2. The molecule has 1 heterocycles. The molecule has 6 heteroatoms. The molecule has 4 rings (SSSR count). The maximum absolute atomic E-state index is 12.6. The van der Waals surface area contributed by atoms with Gasteiger partial charge in [0.1, 0.15) is 16.9 Å². The third kappa shape index (κ3) is 2.81. The van der Waals surface area contributed by atoms with Crippen LogP contribution in [0.4, 0.5) is 5.69 Å². The summed E-state index contributed by atoms with van der Waals surface area (Å²) in [6.07, 6.45) is 0. The van der Waals surface area contributed by atoms with Gasteiger partial charge in [0.05, 0.1) is 12.0 Å². The van der Waals surface area contributed by atoms with Crippen molar-refractivity contribution in [1.29, 1.82) is 0 Å². The Morgan fingerprint density at radius 1 is 0.880 bits per heavy atom. The molecular weight excluding hydrogens is 338 g/mol. The van der Waals surface area contributed by atoms with Crippen LogP contribution in [0.5, 0.6) is 5.75 Å². The number of furan rings is 1. The Hall–Kier alpha value is -2.99. The second-order valence-electron chi connectivity index (χ2n) is 5.59. The Labute approximate surface area is 144 Å². The molecule has 0 amide bonds. The Balaban J connectivity index is 1.72. The van der Waals surface area contributed by atoms with Crippen LogP contribution < -0.4 is 9.46 Å². The van der Waals surface area contributed by atoms with Gasteiger partial charge >= 0.3 is 0 Å². The molecule has 0 radical (unpaired) electrons. The van der Waals surface area contributed by atoms with Gasteiger partial charge < -0.3 is 9.15 Å². The summed E-state index contributed by atoms with van der Waals surface area (Å²) in [5.74, 6) is 0.602. The SMILES string of the molecule is COc1ccc(S(=O)(=O)Nc2ccc3oc4ccccc4c3c2)cc1. The number of benzene rings is 3. The van der Waals surface area contributed by atoms with Gasteiger partial charge in [0, 0.05) is 16.5 Å². The van der Waals surface area contributed by atoms with Crippen molar-refractivity contribution in [2.75, 3.05) is 11.8 Å². The quantitative estimate of drug-likeness (QED) is 0.590. The average Bonchev–Trinajstić information content (AvgIpc) is 2.99. The molecule has 0 atom stereocenters. The number of methoxy groups -OCH3 is 1. The number of fused-ring (bicyclic) bond motifs is 3. The van der Waals surface area contributed by atoms with Gasteiger partial charge in [-0.2, -0.15) is 0 Å². The number of anilines is 1. The van der Waals surface area contributed by atoms with Crippen LogP contribution in [0.25, 0.3) is 21.9 Å². The van der Waals surface area contributed by atoms with E-state index in [2.05, 4.69) is 4.72 Å². The van der Waals surface area contributed by atoms with E-state index < -0.39 is 10.0 Å². The molecule has 4 aromatic rings. The van der Waals surface area contributed by atoms with E-state index in [1.807, 2.05) is 24.3 Å². The first kappa shape index (κ1) is 15.5. The van der Waals surface area contributed by atoms with Gasteiger partial charge in [0.25, 0.3) is 10.0 Å². The van der Waals surface area contributed by atoms with Crippen LogP contribution in [0.15, 0.2) is 76.0 Å². The molecule has 0 saturated heterocycles. The maximum Gasteiger partial charge on any atom is 0.261 e. The molecule has 0 aliphatic rings. The second kappa shape index (κ2) is 5.82. The van der Waals surface area contributed by atoms with Crippen molar-refractivity contribution in [3.05, 3.63) is 66.7 Å². The molecule has 0 saturated carbocycles. The smallest absolute Gasteiger partial charge is 0.261 e. The van der Waals surface area contributed by atoms with Crippen molar-refractivity contribution in [2.24, 2.45) is 0 Å².